The average molecular weight is 234 g/mol. The van der Waals surface area contributed by atoms with Gasteiger partial charge in [0.25, 0.3) is 5.91 Å². The van der Waals surface area contributed by atoms with Crippen molar-refractivity contribution in [1.82, 2.24) is 10.3 Å². The maximum absolute atomic E-state index is 11.8. The van der Waals surface area contributed by atoms with Crippen LogP contribution < -0.4 is 5.32 Å². The Morgan fingerprint density at radius 1 is 1.41 bits per heavy atom. The van der Waals surface area contributed by atoms with E-state index < -0.39 is 11.9 Å². The van der Waals surface area contributed by atoms with Crippen LogP contribution >= 0.6 is 0 Å². The van der Waals surface area contributed by atoms with E-state index in [0.717, 1.165) is 12.8 Å². The number of carboxylic acid groups (broad SMARTS) is 1. The lowest BCUT2D eigenvalue weighted by atomic mass is 10.0. The van der Waals surface area contributed by atoms with Crippen LogP contribution in [-0.2, 0) is 4.79 Å². The Morgan fingerprint density at radius 2 is 2.24 bits per heavy atom. The first-order valence-corrected chi connectivity index (χ1v) is 5.62. The van der Waals surface area contributed by atoms with Gasteiger partial charge in [-0.3, -0.25) is 14.6 Å². The summed E-state index contributed by atoms with van der Waals surface area (Å²) in [5.74, 6) is -1.55. The van der Waals surface area contributed by atoms with Gasteiger partial charge in [0, 0.05) is 18.4 Å². The Labute approximate surface area is 98.9 Å². The van der Waals surface area contributed by atoms with Gasteiger partial charge >= 0.3 is 5.97 Å². The van der Waals surface area contributed by atoms with Crippen molar-refractivity contribution in [2.24, 2.45) is 5.92 Å². The van der Waals surface area contributed by atoms with Gasteiger partial charge in [0.2, 0.25) is 0 Å². The zero-order valence-electron chi connectivity index (χ0n) is 9.30. The summed E-state index contributed by atoms with van der Waals surface area (Å²) in [6, 6.07) is 3.07. The fraction of sp³-hybridized carbons (Fsp3) is 0.417. The molecule has 2 rings (SSSR count). The minimum atomic E-state index is -0.834. The molecule has 1 aliphatic rings. The van der Waals surface area contributed by atoms with Gasteiger partial charge in [-0.05, 0) is 25.0 Å². The Morgan fingerprint density at radius 3 is 2.88 bits per heavy atom. The standard InChI is InChI=1S/C12H14N2O3/c15-11(8-3-2-6-13-7-8)14-10-5-1-4-9(10)12(16)17/h2-3,6-7,9-10H,1,4-5H2,(H,14,15)(H,16,17). The monoisotopic (exact) mass is 234 g/mol. The highest BCUT2D eigenvalue weighted by Crippen LogP contribution is 2.26. The molecular weight excluding hydrogens is 220 g/mol. The van der Waals surface area contributed by atoms with E-state index in [1.165, 1.54) is 6.20 Å². The first-order valence-electron chi connectivity index (χ1n) is 5.62. The third-order valence-electron chi connectivity index (χ3n) is 3.07. The van der Waals surface area contributed by atoms with Crippen LogP contribution in [0.3, 0.4) is 0 Å². The molecule has 0 aliphatic heterocycles. The number of carboxylic acids is 1. The summed E-state index contributed by atoms with van der Waals surface area (Å²) < 4.78 is 0. The molecule has 0 saturated heterocycles. The molecule has 17 heavy (non-hydrogen) atoms. The van der Waals surface area contributed by atoms with Crippen LogP contribution in [0.1, 0.15) is 29.6 Å². The number of nitrogens with zero attached hydrogens (tertiary/aromatic N) is 1. The Balaban J connectivity index is 2.02. The molecule has 2 N–H and O–H groups in total. The van der Waals surface area contributed by atoms with E-state index in [0.29, 0.717) is 12.0 Å². The lowest BCUT2D eigenvalue weighted by Crippen LogP contribution is -2.40. The largest absolute Gasteiger partial charge is 0.481 e. The predicted octanol–water partition coefficient (Wildman–Crippen LogP) is 1.06. The maximum Gasteiger partial charge on any atom is 0.308 e. The quantitative estimate of drug-likeness (QED) is 0.819. The number of hydrogen-bond acceptors (Lipinski definition) is 3. The van der Waals surface area contributed by atoms with E-state index in [-0.39, 0.29) is 11.9 Å². The lowest BCUT2D eigenvalue weighted by molar-refractivity contribution is -0.142. The van der Waals surface area contributed by atoms with E-state index in [2.05, 4.69) is 10.3 Å². The summed E-state index contributed by atoms with van der Waals surface area (Å²) in [6.45, 7) is 0. The summed E-state index contributed by atoms with van der Waals surface area (Å²) >= 11 is 0. The highest BCUT2D eigenvalue weighted by Gasteiger charge is 2.33. The zero-order chi connectivity index (χ0) is 12.3. The van der Waals surface area contributed by atoms with Crippen LogP contribution in [0.4, 0.5) is 0 Å². The molecule has 5 nitrogen and oxygen atoms in total. The van der Waals surface area contributed by atoms with Crippen LogP contribution in [0.2, 0.25) is 0 Å². The summed E-state index contributed by atoms with van der Waals surface area (Å²) in [4.78, 5) is 26.6. The molecule has 1 aliphatic carbocycles. The molecule has 1 heterocycles. The smallest absolute Gasteiger partial charge is 0.308 e. The SMILES string of the molecule is O=C(NC1CCCC1C(=O)O)c1cccnc1. The summed E-state index contributed by atoms with van der Waals surface area (Å²) in [7, 11) is 0. The second-order valence-electron chi connectivity index (χ2n) is 4.20. The number of rotatable bonds is 3. The second kappa shape index (κ2) is 4.95. The number of nitrogens with one attached hydrogen (secondary N) is 1. The van der Waals surface area contributed by atoms with Crippen molar-refractivity contribution in [2.45, 2.75) is 25.3 Å². The number of hydrogen-bond donors (Lipinski definition) is 2. The molecule has 1 amide bonds. The molecule has 1 aromatic heterocycles. The van der Waals surface area contributed by atoms with Crippen LogP contribution in [0.15, 0.2) is 24.5 Å². The minimum Gasteiger partial charge on any atom is -0.481 e. The van der Waals surface area contributed by atoms with Crippen molar-refractivity contribution in [3.8, 4) is 0 Å². The third-order valence-corrected chi connectivity index (χ3v) is 3.07. The number of aromatic nitrogens is 1. The van der Waals surface area contributed by atoms with Crippen molar-refractivity contribution in [1.29, 1.82) is 0 Å². The van der Waals surface area contributed by atoms with Gasteiger partial charge in [0.05, 0.1) is 11.5 Å². The topological polar surface area (TPSA) is 79.3 Å². The fourth-order valence-electron chi connectivity index (χ4n) is 2.18. The number of carbonyl (C=O) groups is 2. The van der Waals surface area contributed by atoms with Crippen molar-refractivity contribution in [3.63, 3.8) is 0 Å². The lowest BCUT2D eigenvalue weighted by Gasteiger charge is -2.17. The fourth-order valence-corrected chi connectivity index (χ4v) is 2.18. The van der Waals surface area contributed by atoms with Gasteiger partial charge in [-0.15, -0.1) is 0 Å². The summed E-state index contributed by atoms with van der Waals surface area (Å²) in [5, 5.41) is 11.8. The molecule has 90 valence electrons. The van der Waals surface area contributed by atoms with Crippen molar-refractivity contribution < 1.29 is 14.7 Å². The first kappa shape index (κ1) is 11.6. The number of aliphatic carboxylic acids is 1. The normalized spacial score (nSPS) is 23.3. The van der Waals surface area contributed by atoms with Gasteiger partial charge in [-0.25, -0.2) is 0 Å². The molecule has 0 radical (unpaired) electrons. The molecule has 5 heteroatoms. The van der Waals surface area contributed by atoms with Crippen LogP contribution in [0.25, 0.3) is 0 Å². The van der Waals surface area contributed by atoms with E-state index >= 15 is 0 Å². The van der Waals surface area contributed by atoms with Gasteiger partial charge in [-0.2, -0.15) is 0 Å². The predicted molar refractivity (Wildman–Crippen MR) is 60.5 cm³/mol. The molecule has 1 aromatic rings. The number of carbonyl (C=O) groups excluding carboxylic acids is 1. The highest BCUT2D eigenvalue weighted by molar-refractivity contribution is 5.94. The van der Waals surface area contributed by atoms with E-state index in [4.69, 9.17) is 5.11 Å². The second-order valence-corrected chi connectivity index (χ2v) is 4.20. The maximum atomic E-state index is 11.8. The van der Waals surface area contributed by atoms with E-state index in [9.17, 15) is 9.59 Å². The van der Waals surface area contributed by atoms with Crippen LogP contribution in [0, 0.1) is 5.92 Å². The summed E-state index contributed by atoms with van der Waals surface area (Å²) in [6.07, 6.45) is 5.26. The van der Waals surface area contributed by atoms with Crippen molar-refractivity contribution in [3.05, 3.63) is 30.1 Å². The summed E-state index contributed by atoms with van der Waals surface area (Å²) in [5.41, 5.74) is 0.462. The molecular formula is C12H14N2O3. The van der Waals surface area contributed by atoms with E-state index in [1.807, 2.05) is 0 Å². The van der Waals surface area contributed by atoms with Gasteiger partial charge in [-0.1, -0.05) is 6.42 Å². The van der Waals surface area contributed by atoms with Crippen LogP contribution in [0.5, 0.6) is 0 Å². The third kappa shape index (κ3) is 2.61. The molecule has 0 spiro atoms. The zero-order valence-corrected chi connectivity index (χ0v) is 9.30. The van der Waals surface area contributed by atoms with E-state index in [1.54, 1.807) is 18.3 Å². The van der Waals surface area contributed by atoms with Gasteiger partial charge in [0.15, 0.2) is 0 Å². The molecule has 0 aromatic carbocycles. The average Bonchev–Trinajstić information content (AvgIpc) is 2.78. The molecule has 1 saturated carbocycles. The van der Waals surface area contributed by atoms with Crippen molar-refractivity contribution in [2.75, 3.05) is 0 Å². The molecule has 2 atom stereocenters. The molecule has 1 fully saturated rings. The Kier molecular flexibility index (Phi) is 3.37. The molecule has 2 unspecified atom stereocenters. The van der Waals surface area contributed by atoms with Gasteiger partial charge < -0.3 is 10.4 Å². The van der Waals surface area contributed by atoms with Crippen molar-refractivity contribution >= 4 is 11.9 Å². The Hall–Kier alpha value is -1.91. The highest BCUT2D eigenvalue weighted by atomic mass is 16.4. The van der Waals surface area contributed by atoms with Gasteiger partial charge in [0.1, 0.15) is 0 Å². The van der Waals surface area contributed by atoms with Crippen LogP contribution in [-0.4, -0.2) is 28.0 Å². The Bertz CT molecular complexity index is 419. The molecule has 0 bridgehead atoms. The number of pyridine rings is 1. The minimum absolute atomic E-state index is 0.253. The number of amides is 1. The first-order chi connectivity index (χ1) is 8.18.